The number of rotatable bonds is 24. The van der Waals surface area contributed by atoms with E-state index in [1.165, 1.54) is 49.9 Å². The van der Waals surface area contributed by atoms with E-state index in [1.54, 1.807) is 87.0 Å². The number of aromatic nitrogens is 8. The molecule has 17 N–H and O–H groups in total. The van der Waals surface area contributed by atoms with Crippen LogP contribution in [0.2, 0.25) is 0 Å². The van der Waals surface area contributed by atoms with Crippen LogP contribution in [0.1, 0.15) is 143 Å². The number of aryl methyl sites for hydroxylation is 1. The number of hydrogen-bond donors (Lipinski definition) is 13. The lowest BCUT2D eigenvalue weighted by Gasteiger charge is -2.37. The molecule has 15 atom stereocenters. The molecule has 4 aliphatic heterocycles. The number of amides is 2. The third-order valence-corrected chi connectivity index (χ3v) is 19.0. The van der Waals surface area contributed by atoms with Gasteiger partial charge >= 0.3 is 52.9 Å². The second kappa shape index (κ2) is 46.1. The van der Waals surface area contributed by atoms with Crippen molar-refractivity contribution in [2.45, 2.75) is 205 Å². The van der Waals surface area contributed by atoms with Gasteiger partial charge in [-0.25, -0.2) is 43.2 Å². The normalized spacial score (nSPS) is 21.7. The Kier molecular flexibility index (Phi) is 38.3. The number of carbonyl (C=O) groups excluding carboxylic acids is 4. The van der Waals surface area contributed by atoms with Crippen LogP contribution in [0.3, 0.4) is 0 Å². The zero-order valence-corrected chi connectivity index (χ0v) is 68.8. The standard InChI is InChI=1S/C29H29N3O5.C20H31N3O7.C14H22N4O5.C9H13N3O4.C7H13NO4.CH4.ClH/c1-36-23-14-12-22(13-15-23)29(20-8-4-2-5-9-20,21-10-6-3-7-11-21)31-26-16-17-32(28(35)30-26)27-18-24(34)25(19-33)37-27;1-11(2)16(22-19(27)30-20(4,5)6)17(25)28-10-14-13(24)9-15(29-14)23-8-7-12(3)21-18(23)26;1-7(2)12(16)13(20)22-6-9-8(19)5-11(23-9)18-4-3-10(15)17-14(18)21;10-7-1-2-12(9(15)11-7)8-3-5(14)6(4-13)16-8;1-4(2)5(6(9)10)8-7(11)12-3;;/h2-17,24-25,27,33-34H,18-19H2,1H3,(H,30,31,35);7-8,11,13-16,24H,9-10H2,1-6H3,(H,22,27);3-4,7-9,11-12,19H,5-6,16H2,1-2H3,(H2,15,17,21);1-2,5-6,8,13-14H,3-4H2,(H2,10,11,15);4-5H,1-3H3,(H,8,11)(H,9,10);1H4;1H/t24-,25-,27-;13-,14-,15-,16?;8-,9-,11-,12?;5-,6-,8-;;;/m0000.../s1. The molecule has 8 heterocycles. The number of nitrogen functional groups attached to an aromatic ring is 2. The van der Waals surface area contributed by atoms with E-state index >= 15 is 0 Å². The lowest BCUT2D eigenvalue weighted by atomic mass is 9.77. The first-order chi connectivity index (χ1) is 55.8. The summed E-state index contributed by atoms with van der Waals surface area (Å²) >= 11 is 0. The first-order valence-corrected chi connectivity index (χ1v) is 38.0. The van der Waals surface area contributed by atoms with Crippen LogP contribution < -0.4 is 73.1 Å². The lowest BCUT2D eigenvalue weighted by molar-refractivity contribution is -0.418. The van der Waals surface area contributed by atoms with Gasteiger partial charge in [-0.15, -0.1) is 0 Å². The first-order valence-electron chi connectivity index (χ1n) is 38.0. The van der Waals surface area contributed by atoms with Crippen molar-refractivity contribution in [1.29, 1.82) is 0 Å². The van der Waals surface area contributed by atoms with E-state index in [-0.39, 0.29) is 101 Å². The van der Waals surface area contributed by atoms with E-state index in [9.17, 15) is 68.7 Å². The largest absolute Gasteiger partial charge is 1.00 e. The van der Waals surface area contributed by atoms with Crippen molar-refractivity contribution < 1.29 is 120 Å². The summed E-state index contributed by atoms with van der Waals surface area (Å²) in [7, 11) is 2.82. The van der Waals surface area contributed by atoms with Crippen LogP contribution in [-0.2, 0) is 57.8 Å². The van der Waals surface area contributed by atoms with E-state index in [1.807, 2.05) is 98.8 Å². The SMILES string of the molecule is C.CC(C)C([NH3+])C(=O)OC[C@@H]1O[C@H](n2ccc(N)nc2=O)C[C@@H]1O.COC(=O)NC(C(=O)O)C(C)C.COc1ccc(C(Nc2ccn([C@@H]3C[C@H](O)[C@H](CO)O3)c(=O)n2)(c2ccccc2)c2ccccc2)cc1.Cc1ccn([C@@H]2C[C@H](O)[C@H](COC(=O)C(NC(=O)OC(C)(C)C)C(C)C)O2)c(=O)n1.Nc1ccn([C@@H]2C[C@H](O)[C@H](CO)O2)c(=O)n1.[Cl-]. The van der Waals surface area contributed by atoms with E-state index < -0.39 is 156 Å². The maximum absolute atomic E-state index is 13.1. The second-order valence-electron chi connectivity index (χ2n) is 29.9. The number of nitrogens with one attached hydrogen (secondary N) is 3. The van der Waals surface area contributed by atoms with Gasteiger partial charge in [0.25, 0.3) is 0 Å². The molecule has 0 aliphatic carbocycles. The molecule has 2 amide bonds. The molecule has 40 heteroatoms. The van der Waals surface area contributed by atoms with Gasteiger partial charge in [-0.1, -0.05) is 122 Å². The third-order valence-electron chi connectivity index (χ3n) is 19.0. The maximum atomic E-state index is 13.1. The van der Waals surface area contributed by atoms with Gasteiger partial charge in [0.05, 0.1) is 51.8 Å². The van der Waals surface area contributed by atoms with Crippen molar-refractivity contribution >= 4 is 47.5 Å². The quantitative estimate of drug-likeness (QED) is 0.0205. The molecule has 0 saturated carbocycles. The highest BCUT2D eigenvalue weighted by Crippen LogP contribution is 2.41. The molecular weight excluding hydrogens is 1590 g/mol. The number of aliphatic hydroxyl groups excluding tert-OH is 6. The van der Waals surface area contributed by atoms with Gasteiger partial charge in [-0.3, -0.25) is 18.3 Å². The average Bonchev–Trinajstić information content (AvgIpc) is 1.12. The molecule has 11 rings (SSSR count). The average molecular weight is 1710 g/mol. The zero-order valence-electron chi connectivity index (χ0n) is 68.0. The molecule has 4 aromatic heterocycles. The van der Waals surface area contributed by atoms with Gasteiger partial charge < -0.3 is 124 Å². The smallest absolute Gasteiger partial charge is 0.408 e. The molecule has 0 radical (unpaired) electrons. The highest BCUT2D eigenvalue weighted by Gasteiger charge is 2.42. The summed E-state index contributed by atoms with van der Waals surface area (Å²) in [5, 5.41) is 75.1. The fourth-order valence-corrected chi connectivity index (χ4v) is 12.4. The number of nitrogens with two attached hydrogens (primary N) is 2. The molecular formula is C80H113ClN14O25. The number of anilines is 3. The monoisotopic (exact) mass is 1700 g/mol. The van der Waals surface area contributed by atoms with Gasteiger partial charge in [-0.2, -0.15) is 19.9 Å². The molecule has 0 spiro atoms. The zero-order chi connectivity index (χ0) is 87.0. The number of nitrogens with zero attached hydrogens (tertiary/aromatic N) is 8. The highest BCUT2D eigenvalue weighted by atomic mass is 35.5. The van der Waals surface area contributed by atoms with Crippen LogP contribution >= 0.6 is 0 Å². The molecule has 4 saturated heterocycles. The maximum Gasteiger partial charge on any atom is 0.408 e. The Labute approximate surface area is 698 Å². The Morgan fingerprint density at radius 1 is 0.525 bits per heavy atom. The minimum absolute atomic E-state index is 0. The number of hydrogen-bond acceptors (Lipinski definition) is 31. The van der Waals surface area contributed by atoms with Crippen LogP contribution in [0.25, 0.3) is 0 Å². The summed E-state index contributed by atoms with van der Waals surface area (Å²) in [6.45, 7) is 16.6. The predicted molar refractivity (Wildman–Crippen MR) is 429 cm³/mol. The molecule has 660 valence electrons. The van der Waals surface area contributed by atoms with Gasteiger partial charge in [0, 0.05) is 62.1 Å². The van der Waals surface area contributed by atoms with Crippen molar-refractivity contribution in [1.82, 2.24) is 48.8 Å². The number of carboxylic acids is 1. The van der Waals surface area contributed by atoms with E-state index in [0.717, 1.165) is 22.4 Å². The molecule has 0 bridgehead atoms. The molecule has 7 aromatic rings. The Balaban J connectivity index is 0.000000279. The van der Waals surface area contributed by atoms with Gasteiger partial charge in [-0.05, 0) is 92.6 Å². The number of quaternary nitrogens is 1. The minimum atomic E-state index is -1.06. The summed E-state index contributed by atoms with van der Waals surface area (Å²) in [5.74, 6) is -1.15. The summed E-state index contributed by atoms with van der Waals surface area (Å²) < 4.78 is 52.7. The minimum Gasteiger partial charge on any atom is -1.00 e. The number of alkyl carbamates (subject to hydrolysis) is 2. The number of aliphatic hydroxyl groups is 6. The van der Waals surface area contributed by atoms with E-state index in [0.29, 0.717) is 11.5 Å². The van der Waals surface area contributed by atoms with Crippen molar-refractivity contribution in [3.63, 3.8) is 0 Å². The summed E-state index contributed by atoms with van der Waals surface area (Å²) in [6, 6.07) is 31.8. The molecule has 3 unspecified atom stereocenters. The number of esters is 2. The lowest BCUT2D eigenvalue weighted by Crippen LogP contribution is -3.00. The summed E-state index contributed by atoms with van der Waals surface area (Å²) in [6.07, 6.45) is -3.53. The van der Waals surface area contributed by atoms with Gasteiger partial charge in [0.2, 0.25) is 0 Å². The van der Waals surface area contributed by atoms with Crippen molar-refractivity contribution in [3.8, 4) is 5.75 Å². The highest BCUT2D eigenvalue weighted by molar-refractivity contribution is 5.82. The van der Waals surface area contributed by atoms with Gasteiger partial charge in [0.1, 0.15) is 109 Å². The van der Waals surface area contributed by atoms with Crippen molar-refractivity contribution in [2.24, 2.45) is 17.8 Å². The first kappa shape index (κ1) is 99.7. The molecule has 120 heavy (non-hydrogen) atoms. The Morgan fingerprint density at radius 3 is 1.26 bits per heavy atom. The number of aliphatic carboxylic acids is 1. The van der Waals surface area contributed by atoms with Crippen LogP contribution in [0.5, 0.6) is 5.75 Å². The van der Waals surface area contributed by atoms with E-state index in [4.69, 9.17) is 59.6 Å². The predicted octanol–water partition coefficient (Wildman–Crippen LogP) is -0.569. The Bertz CT molecular complexity index is 4630. The van der Waals surface area contributed by atoms with Crippen LogP contribution in [0, 0.1) is 24.7 Å². The topological polar surface area (TPSA) is 565 Å². The fourth-order valence-electron chi connectivity index (χ4n) is 12.4. The van der Waals surface area contributed by atoms with E-state index in [2.05, 4.69) is 46.4 Å². The molecule has 39 nitrogen and oxygen atoms in total. The number of benzene rings is 3. The molecule has 4 fully saturated rings. The number of ether oxygens (including phenoxy) is 9. The molecule has 3 aromatic carbocycles. The number of methoxy groups -OCH3 is 2. The summed E-state index contributed by atoms with van der Waals surface area (Å²) in [5.41, 5.74) is 14.3. The van der Waals surface area contributed by atoms with Crippen LogP contribution in [-0.4, -0.2) is 217 Å². The Hall–Kier alpha value is -10.8. The Morgan fingerprint density at radius 2 is 0.900 bits per heavy atom. The fraction of sp³-hybridized carbons (Fsp3) is 0.512. The number of carbonyl (C=O) groups is 5. The third kappa shape index (κ3) is 27.6. The number of halogens is 1. The van der Waals surface area contributed by atoms with Crippen LogP contribution in [0.4, 0.5) is 27.0 Å². The van der Waals surface area contributed by atoms with Crippen LogP contribution in [0.15, 0.2) is 153 Å². The number of carboxylic acid groups (broad SMARTS) is 1. The second-order valence-corrected chi connectivity index (χ2v) is 29.9. The summed E-state index contributed by atoms with van der Waals surface area (Å²) in [4.78, 5) is 121. The molecule has 4 aliphatic rings. The van der Waals surface area contributed by atoms with Crippen molar-refractivity contribution in [2.75, 3.05) is 57.4 Å². The van der Waals surface area contributed by atoms with Gasteiger partial charge in [0.15, 0.2) is 6.04 Å². The van der Waals surface area contributed by atoms with Crippen molar-refractivity contribution in [3.05, 3.63) is 198 Å².